The normalized spacial score (nSPS) is 12.9. The second-order valence-electron chi connectivity index (χ2n) is 5.50. The fraction of sp³-hybridized carbons (Fsp3) is 0.235. The summed E-state index contributed by atoms with van der Waals surface area (Å²) in [5.41, 5.74) is 4.89. The van der Waals surface area contributed by atoms with Crippen molar-refractivity contribution in [3.63, 3.8) is 0 Å². The van der Waals surface area contributed by atoms with Crippen LogP contribution in [0.15, 0.2) is 30.5 Å². The number of halogens is 1. The SMILES string of the molecule is Cc1sc(Oc2ccc(F)cc2)c2c1CCc1cnn(C)c1-2. The van der Waals surface area contributed by atoms with E-state index < -0.39 is 0 Å². The van der Waals surface area contributed by atoms with Gasteiger partial charge in [-0.1, -0.05) is 0 Å². The molecule has 22 heavy (non-hydrogen) atoms. The van der Waals surface area contributed by atoms with Crippen molar-refractivity contribution >= 4 is 11.3 Å². The molecule has 0 amide bonds. The molecule has 0 bridgehead atoms. The highest BCUT2D eigenvalue weighted by molar-refractivity contribution is 7.14. The van der Waals surface area contributed by atoms with Gasteiger partial charge in [-0.15, -0.1) is 11.3 Å². The van der Waals surface area contributed by atoms with Crippen molar-refractivity contribution in [2.24, 2.45) is 7.05 Å². The van der Waals surface area contributed by atoms with E-state index in [2.05, 4.69) is 12.0 Å². The van der Waals surface area contributed by atoms with Crippen LogP contribution < -0.4 is 4.74 Å². The van der Waals surface area contributed by atoms with Crippen molar-refractivity contribution in [2.75, 3.05) is 0 Å². The molecule has 0 atom stereocenters. The molecular weight excluding hydrogens is 299 g/mol. The minimum Gasteiger partial charge on any atom is -0.446 e. The van der Waals surface area contributed by atoms with Crippen LogP contribution in [0, 0.1) is 12.7 Å². The van der Waals surface area contributed by atoms with E-state index in [0.717, 1.165) is 29.2 Å². The molecule has 5 heteroatoms. The van der Waals surface area contributed by atoms with Gasteiger partial charge in [0.2, 0.25) is 0 Å². The van der Waals surface area contributed by atoms with Gasteiger partial charge in [0.15, 0.2) is 5.06 Å². The molecule has 2 heterocycles. The average Bonchev–Trinajstić information content (AvgIpc) is 3.03. The summed E-state index contributed by atoms with van der Waals surface area (Å²) in [6.45, 7) is 2.13. The molecule has 3 aromatic rings. The first kappa shape index (κ1) is 13.5. The van der Waals surface area contributed by atoms with Gasteiger partial charge in [-0.2, -0.15) is 5.10 Å². The van der Waals surface area contributed by atoms with Gasteiger partial charge in [-0.3, -0.25) is 4.68 Å². The Morgan fingerprint density at radius 1 is 1.23 bits per heavy atom. The number of benzene rings is 1. The first-order chi connectivity index (χ1) is 10.6. The van der Waals surface area contributed by atoms with Crippen molar-refractivity contribution in [3.8, 4) is 22.1 Å². The number of thiophene rings is 1. The van der Waals surface area contributed by atoms with Crippen LogP contribution in [0.2, 0.25) is 0 Å². The van der Waals surface area contributed by atoms with Crippen molar-refractivity contribution in [1.82, 2.24) is 9.78 Å². The summed E-state index contributed by atoms with van der Waals surface area (Å²) in [5.74, 6) is 0.394. The van der Waals surface area contributed by atoms with E-state index in [4.69, 9.17) is 4.74 Å². The van der Waals surface area contributed by atoms with Crippen LogP contribution in [0.25, 0.3) is 11.3 Å². The lowest BCUT2D eigenvalue weighted by Crippen LogP contribution is -2.05. The number of fused-ring (bicyclic) bond motifs is 3. The molecule has 0 radical (unpaired) electrons. The second kappa shape index (κ2) is 4.95. The van der Waals surface area contributed by atoms with Gasteiger partial charge in [0, 0.05) is 11.9 Å². The number of aryl methyl sites for hydroxylation is 3. The summed E-state index contributed by atoms with van der Waals surface area (Å²) >= 11 is 1.65. The summed E-state index contributed by atoms with van der Waals surface area (Å²) in [6.07, 6.45) is 3.97. The Morgan fingerprint density at radius 3 is 2.77 bits per heavy atom. The topological polar surface area (TPSA) is 27.1 Å². The van der Waals surface area contributed by atoms with Crippen LogP contribution in [-0.4, -0.2) is 9.78 Å². The van der Waals surface area contributed by atoms with E-state index in [1.807, 2.05) is 17.9 Å². The van der Waals surface area contributed by atoms with E-state index in [9.17, 15) is 4.39 Å². The molecule has 1 aliphatic carbocycles. The molecule has 0 saturated heterocycles. The molecule has 112 valence electrons. The largest absolute Gasteiger partial charge is 0.446 e. The third-order valence-electron chi connectivity index (χ3n) is 4.10. The maximum absolute atomic E-state index is 13.0. The number of ether oxygens (including phenoxy) is 1. The summed E-state index contributed by atoms with van der Waals surface area (Å²) in [6, 6.07) is 6.14. The van der Waals surface area contributed by atoms with Crippen molar-refractivity contribution in [3.05, 3.63) is 52.3 Å². The Balaban J connectivity index is 1.82. The molecular formula is C17H15FN2OS. The van der Waals surface area contributed by atoms with Crippen LogP contribution in [-0.2, 0) is 19.9 Å². The Hall–Kier alpha value is -2.14. The van der Waals surface area contributed by atoms with Gasteiger partial charge in [-0.25, -0.2) is 4.39 Å². The van der Waals surface area contributed by atoms with Gasteiger partial charge in [0.1, 0.15) is 11.6 Å². The average molecular weight is 314 g/mol. The van der Waals surface area contributed by atoms with Crippen molar-refractivity contribution in [2.45, 2.75) is 19.8 Å². The van der Waals surface area contributed by atoms with Crippen molar-refractivity contribution < 1.29 is 9.13 Å². The highest BCUT2D eigenvalue weighted by atomic mass is 32.1. The monoisotopic (exact) mass is 314 g/mol. The Bertz CT molecular complexity index is 848. The fourth-order valence-corrected chi connectivity index (χ4v) is 4.09. The number of nitrogens with zero attached hydrogens (tertiary/aromatic N) is 2. The zero-order valence-electron chi connectivity index (χ0n) is 12.4. The fourth-order valence-electron chi connectivity index (χ4n) is 3.02. The zero-order chi connectivity index (χ0) is 15.3. The summed E-state index contributed by atoms with van der Waals surface area (Å²) in [7, 11) is 1.96. The zero-order valence-corrected chi connectivity index (χ0v) is 13.2. The van der Waals surface area contributed by atoms with Gasteiger partial charge in [0.25, 0.3) is 0 Å². The molecule has 1 aromatic carbocycles. The maximum Gasteiger partial charge on any atom is 0.190 e. The molecule has 0 spiro atoms. The molecule has 0 fully saturated rings. The van der Waals surface area contributed by atoms with Crippen LogP contribution >= 0.6 is 11.3 Å². The standard InChI is InChI=1S/C17H15FN2OS/c1-10-14-8-3-11-9-19-20(2)16(11)15(14)17(22-10)21-13-6-4-12(18)5-7-13/h4-7,9H,3,8H2,1-2H3. The Kier molecular flexibility index (Phi) is 3.04. The van der Waals surface area contributed by atoms with Gasteiger partial charge in [0.05, 0.1) is 17.5 Å². The predicted octanol–water partition coefficient (Wildman–Crippen LogP) is 4.49. The molecule has 2 aromatic heterocycles. The number of aromatic nitrogens is 2. The molecule has 0 saturated carbocycles. The summed E-state index contributed by atoms with van der Waals surface area (Å²) in [5, 5.41) is 5.25. The predicted molar refractivity (Wildman–Crippen MR) is 85.1 cm³/mol. The highest BCUT2D eigenvalue weighted by Crippen LogP contribution is 2.48. The summed E-state index contributed by atoms with van der Waals surface area (Å²) in [4.78, 5) is 1.28. The first-order valence-electron chi connectivity index (χ1n) is 7.20. The quantitative estimate of drug-likeness (QED) is 0.697. The molecule has 4 rings (SSSR count). The third kappa shape index (κ3) is 2.04. The third-order valence-corrected chi connectivity index (χ3v) is 5.12. The molecule has 3 nitrogen and oxygen atoms in total. The van der Waals surface area contributed by atoms with E-state index in [-0.39, 0.29) is 5.82 Å². The van der Waals surface area contributed by atoms with E-state index in [0.29, 0.717) is 5.75 Å². The lowest BCUT2D eigenvalue weighted by atomic mass is 9.92. The van der Waals surface area contributed by atoms with E-state index in [1.54, 1.807) is 23.5 Å². The minimum atomic E-state index is -0.259. The maximum atomic E-state index is 13.0. The molecule has 0 aliphatic heterocycles. The van der Waals surface area contributed by atoms with Gasteiger partial charge in [-0.05, 0) is 55.2 Å². The second-order valence-corrected chi connectivity index (χ2v) is 6.68. The first-order valence-corrected chi connectivity index (χ1v) is 8.02. The van der Waals surface area contributed by atoms with Gasteiger partial charge >= 0.3 is 0 Å². The molecule has 0 unspecified atom stereocenters. The molecule has 1 aliphatic rings. The summed E-state index contributed by atoms with van der Waals surface area (Å²) < 4.78 is 21.0. The van der Waals surface area contributed by atoms with E-state index in [1.165, 1.54) is 28.1 Å². The van der Waals surface area contributed by atoms with Crippen LogP contribution in [0.5, 0.6) is 10.8 Å². The highest BCUT2D eigenvalue weighted by Gasteiger charge is 2.27. The number of rotatable bonds is 2. The Labute approximate surface area is 132 Å². The molecule has 0 N–H and O–H groups in total. The lowest BCUT2D eigenvalue weighted by Gasteiger charge is -2.16. The van der Waals surface area contributed by atoms with Crippen LogP contribution in [0.1, 0.15) is 16.0 Å². The van der Waals surface area contributed by atoms with Crippen LogP contribution in [0.4, 0.5) is 4.39 Å². The smallest absolute Gasteiger partial charge is 0.190 e. The number of hydrogen-bond donors (Lipinski definition) is 0. The van der Waals surface area contributed by atoms with Crippen molar-refractivity contribution in [1.29, 1.82) is 0 Å². The minimum absolute atomic E-state index is 0.259. The Morgan fingerprint density at radius 2 is 2.00 bits per heavy atom. The van der Waals surface area contributed by atoms with E-state index >= 15 is 0 Å². The van der Waals surface area contributed by atoms with Crippen LogP contribution in [0.3, 0.4) is 0 Å². The van der Waals surface area contributed by atoms with Gasteiger partial charge < -0.3 is 4.74 Å². The number of hydrogen-bond acceptors (Lipinski definition) is 3. The lowest BCUT2D eigenvalue weighted by molar-refractivity contribution is 0.494.